The maximum atomic E-state index is 10.1. The molecule has 0 spiro atoms. The minimum atomic E-state index is -1.18. The molecule has 0 aromatic carbocycles. The van der Waals surface area contributed by atoms with Crippen molar-refractivity contribution < 1.29 is 14.6 Å². The van der Waals surface area contributed by atoms with E-state index in [0.717, 1.165) is 25.7 Å². The van der Waals surface area contributed by atoms with Gasteiger partial charge in [0.1, 0.15) is 6.10 Å². The van der Waals surface area contributed by atoms with Crippen LogP contribution in [0.4, 0.5) is 4.79 Å². The van der Waals surface area contributed by atoms with Gasteiger partial charge in [0.2, 0.25) is 0 Å². The van der Waals surface area contributed by atoms with Crippen LogP contribution < -0.4 is 5.73 Å². The largest absolute Gasteiger partial charge is 0.506 e. The highest BCUT2D eigenvalue weighted by Gasteiger charge is 2.20. The predicted molar refractivity (Wildman–Crippen MR) is 39.3 cm³/mol. The Kier molecular flexibility index (Phi) is 2.70. The zero-order chi connectivity index (χ0) is 8.27. The Hall–Kier alpha value is -0.770. The molecule has 1 saturated carbocycles. The van der Waals surface area contributed by atoms with Crippen molar-refractivity contribution in [1.82, 2.24) is 0 Å². The van der Waals surface area contributed by atoms with E-state index in [-0.39, 0.29) is 12.1 Å². The lowest BCUT2D eigenvalue weighted by Crippen LogP contribution is -2.31. The van der Waals surface area contributed by atoms with Crippen molar-refractivity contribution in [2.75, 3.05) is 0 Å². The molecule has 1 rings (SSSR count). The molecule has 0 aromatic heterocycles. The molecular weight excluding hydrogens is 146 g/mol. The Labute approximate surface area is 65.3 Å². The van der Waals surface area contributed by atoms with Crippen LogP contribution in [-0.4, -0.2) is 23.4 Å². The topological polar surface area (TPSA) is 72.5 Å². The van der Waals surface area contributed by atoms with Crippen LogP contribution in [0.2, 0.25) is 0 Å². The highest BCUT2D eigenvalue weighted by atomic mass is 16.7. The fourth-order valence-corrected chi connectivity index (χ4v) is 1.35. The normalized spacial score (nSPS) is 31.4. The minimum Gasteiger partial charge on any atom is -0.450 e. The molecule has 1 fully saturated rings. The van der Waals surface area contributed by atoms with E-state index >= 15 is 0 Å². The van der Waals surface area contributed by atoms with Crippen LogP contribution >= 0.6 is 0 Å². The second-order valence-corrected chi connectivity index (χ2v) is 2.92. The average Bonchev–Trinajstić information content (AvgIpc) is 1.93. The molecule has 0 unspecified atom stereocenters. The lowest BCUT2D eigenvalue weighted by Gasteiger charge is -2.24. The SMILES string of the molecule is NC1CCC(OC(=O)O)CC1. The summed E-state index contributed by atoms with van der Waals surface area (Å²) in [6.45, 7) is 0. The zero-order valence-electron chi connectivity index (χ0n) is 6.32. The fraction of sp³-hybridized carbons (Fsp3) is 0.857. The molecule has 0 atom stereocenters. The molecule has 11 heavy (non-hydrogen) atoms. The van der Waals surface area contributed by atoms with E-state index in [1.807, 2.05) is 0 Å². The van der Waals surface area contributed by atoms with E-state index in [9.17, 15) is 4.79 Å². The van der Waals surface area contributed by atoms with Gasteiger partial charge in [-0.2, -0.15) is 0 Å². The highest BCUT2D eigenvalue weighted by Crippen LogP contribution is 2.19. The van der Waals surface area contributed by atoms with Gasteiger partial charge in [-0.3, -0.25) is 0 Å². The summed E-state index contributed by atoms with van der Waals surface area (Å²) in [5.41, 5.74) is 5.62. The summed E-state index contributed by atoms with van der Waals surface area (Å²) in [5.74, 6) is 0. The zero-order valence-corrected chi connectivity index (χ0v) is 6.32. The molecular formula is C7H13NO3. The molecule has 4 nitrogen and oxygen atoms in total. The molecule has 0 aromatic rings. The third kappa shape index (κ3) is 2.76. The van der Waals surface area contributed by atoms with Crippen LogP contribution in [-0.2, 0) is 4.74 Å². The number of nitrogens with two attached hydrogens (primary N) is 1. The van der Waals surface area contributed by atoms with E-state index in [1.54, 1.807) is 0 Å². The first kappa shape index (κ1) is 8.33. The summed E-state index contributed by atoms with van der Waals surface area (Å²) in [7, 11) is 0. The molecule has 4 heteroatoms. The Morgan fingerprint density at radius 1 is 1.36 bits per heavy atom. The average molecular weight is 159 g/mol. The van der Waals surface area contributed by atoms with E-state index in [2.05, 4.69) is 4.74 Å². The molecule has 0 saturated heterocycles. The molecule has 1 aliphatic carbocycles. The number of hydrogen-bond acceptors (Lipinski definition) is 3. The summed E-state index contributed by atoms with van der Waals surface area (Å²) in [5, 5.41) is 8.28. The molecule has 64 valence electrons. The number of hydrogen-bond donors (Lipinski definition) is 2. The number of rotatable bonds is 1. The lowest BCUT2D eigenvalue weighted by atomic mass is 9.94. The van der Waals surface area contributed by atoms with Gasteiger partial charge in [-0.25, -0.2) is 4.79 Å². The smallest absolute Gasteiger partial charge is 0.450 e. The van der Waals surface area contributed by atoms with Crippen LogP contribution in [0, 0.1) is 0 Å². The van der Waals surface area contributed by atoms with Crippen LogP contribution in [0.3, 0.4) is 0 Å². The van der Waals surface area contributed by atoms with Crippen molar-refractivity contribution in [3.63, 3.8) is 0 Å². The first-order valence-electron chi connectivity index (χ1n) is 3.83. The van der Waals surface area contributed by atoms with Crippen LogP contribution in [0.5, 0.6) is 0 Å². The van der Waals surface area contributed by atoms with Crippen molar-refractivity contribution in [2.24, 2.45) is 5.73 Å². The number of carboxylic acid groups (broad SMARTS) is 1. The second-order valence-electron chi connectivity index (χ2n) is 2.92. The summed E-state index contributed by atoms with van der Waals surface area (Å²) < 4.78 is 4.60. The van der Waals surface area contributed by atoms with Gasteiger partial charge in [-0.05, 0) is 25.7 Å². The van der Waals surface area contributed by atoms with Crippen molar-refractivity contribution in [2.45, 2.75) is 37.8 Å². The second kappa shape index (κ2) is 3.57. The van der Waals surface area contributed by atoms with Gasteiger partial charge in [0.05, 0.1) is 0 Å². The first-order valence-corrected chi connectivity index (χ1v) is 3.83. The predicted octanol–water partition coefficient (Wildman–Crippen LogP) is 0.951. The Morgan fingerprint density at radius 2 is 1.91 bits per heavy atom. The Morgan fingerprint density at radius 3 is 2.36 bits per heavy atom. The van der Waals surface area contributed by atoms with Gasteiger partial charge in [-0.1, -0.05) is 0 Å². The van der Waals surface area contributed by atoms with Crippen molar-refractivity contribution in [3.05, 3.63) is 0 Å². The van der Waals surface area contributed by atoms with Gasteiger partial charge >= 0.3 is 6.16 Å². The van der Waals surface area contributed by atoms with Gasteiger partial charge in [0.15, 0.2) is 0 Å². The number of ether oxygens (including phenoxy) is 1. The fourth-order valence-electron chi connectivity index (χ4n) is 1.35. The van der Waals surface area contributed by atoms with Crippen LogP contribution in [0.25, 0.3) is 0 Å². The summed E-state index contributed by atoms with van der Waals surface area (Å²) in [6.07, 6.45) is 1.99. The third-order valence-corrected chi connectivity index (χ3v) is 1.99. The van der Waals surface area contributed by atoms with Crippen molar-refractivity contribution >= 4 is 6.16 Å². The minimum absolute atomic E-state index is 0.118. The molecule has 1 aliphatic rings. The van der Waals surface area contributed by atoms with E-state index in [0.29, 0.717) is 0 Å². The van der Waals surface area contributed by atoms with E-state index in [4.69, 9.17) is 10.8 Å². The highest BCUT2D eigenvalue weighted by molar-refractivity contribution is 5.57. The molecule has 0 aliphatic heterocycles. The molecule has 0 bridgehead atoms. The maximum absolute atomic E-state index is 10.1. The molecule has 3 N–H and O–H groups in total. The van der Waals surface area contributed by atoms with Crippen LogP contribution in [0.15, 0.2) is 0 Å². The monoisotopic (exact) mass is 159 g/mol. The van der Waals surface area contributed by atoms with Crippen LogP contribution in [0.1, 0.15) is 25.7 Å². The molecule has 0 radical (unpaired) electrons. The number of carbonyl (C=O) groups is 1. The van der Waals surface area contributed by atoms with E-state index < -0.39 is 6.16 Å². The summed E-state index contributed by atoms with van der Waals surface area (Å²) >= 11 is 0. The maximum Gasteiger partial charge on any atom is 0.506 e. The third-order valence-electron chi connectivity index (χ3n) is 1.99. The summed E-state index contributed by atoms with van der Waals surface area (Å²) in [6, 6.07) is 0.239. The summed E-state index contributed by atoms with van der Waals surface area (Å²) in [4.78, 5) is 10.1. The van der Waals surface area contributed by atoms with Crippen molar-refractivity contribution in [3.8, 4) is 0 Å². The molecule has 0 heterocycles. The van der Waals surface area contributed by atoms with Crippen molar-refractivity contribution in [1.29, 1.82) is 0 Å². The lowest BCUT2D eigenvalue weighted by molar-refractivity contribution is 0.0335. The van der Waals surface area contributed by atoms with Gasteiger partial charge in [0, 0.05) is 6.04 Å². The van der Waals surface area contributed by atoms with Gasteiger partial charge in [-0.15, -0.1) is 0 Å². The van der Waals surface area contributed by atoms with Gasteiger partial charge in [0.25, 0.3) is 0 Å². The quantitative estimate of drug-likeness (QED) is 0.559. The Balaban J connectivity index is 2.22. The standard InChI is InChI=1S/C7H13NO3/c8-5-1-3-6(4-2-5)11-7(9)10/h5-6H,1-4,8H2,(H,9,10). The molecule has 0 amide bonds. The van der Waals surface area contributed by atoms with E-state index in [1.165, 1.54) is 0 Å². The Bertz CT molecular complexity index is 141. The first-order chi connectivity index (χ1) is 5.18. The van der Waals surface area contributed by atoms with Gasteiger partial charge < -0.3 is 15.6 Å².